The lowest BCUT2D eigenvalue weighted by molar-refractivity contribution is -0.137. The van der Waals surface area contributed by atoms with Crippen LogP contribution in [0.15, 0.2) is 18.2 Å². The van der Waals surface area contributed by atoms with E-state index in [9.17, 15) is 18.3 Å². The molecule has 0 spiro atoms. The molecule has 1 atom stereocenters. The summed E-state index contributed by atoms with van der Waals surface area (Å²) in [5.41, 5.74) is 4.89. The standard InChI is InChI=1S/C13H15F3N2O2S/c14-13(15,16)11-2-1-8(5-10(11)12(17)21)18-3-4-20-7-9(18)6-19/h1-2,5,9,19H,3-4,6-7H2,(H2,17,21). The van der Waals surface area contributed by atoms with Crippen LogP contribution in [0.25, 0.3) is 0 Å². The van der Waals surface area contributed by atoms with Gasteiger partial charge in [0.2, 0.25) is 0 Å². The van der Waals surface area contributed by atoms with Gasteiger partial charge in [0.25, 0.3) is 0 Å². The number of ether oxygens (including phenoxy) is 1. The van der Waals surface area contributed by atoms with E-state index in [-0.39, 0.29) is 23.2 Å². The first kappa shape index (κ1) is 16.0. The molecular weight excluding hydrogens is 305 g/mol. The van der Waals surface area contributed by atoms with Gasteiger partial charge in [-0.3, -0.25) is 0 Å². The highest BCUT2D eigenvalue weighted by atomic mass is 32.1. The number of nitrogens with two attached hydrogens (primary N) is 1. The molecule has 1 aliphatic heterocycles. The van der Waals surface area contributed by atoms with Gasteiger partial charge in [-0.05, 0) is 18.2 Å². The van der Waals surface area contributed by atoms with Gasteiger partial charge in [0.15, 0.2) is 0 Å². The van der Waals surface area contributed by atoms with E-state index < -0.39 is 11.7 Å². The zero-order chi connectivity index (χ0) is 15.6. The first-order valence-electron chi connectivity index (χ1n) is 6.31. The molecule has 8 heteroatoms. The Kier molecular flexibility index (Phi) is 4.70. The van der Waals surface area contributed by atoms with Crippen molar-refractivity contribution in [3.8, 4) is 0 Å². The zero-order valence-electron chi connectivity index (χ0n) is 11.1. The second kappa shape index (κ2) is 6.17. The van der Waals surface area contributed by atoms with Crippen LogP contribution in [0.5, 0.6) is 0 Å². The summed E-state index contributed by atoms with van der Waals surface area (Å²) in [6.07, 6.45) is -4.52. The lowest BCUT2D eigenvalue weighted by Crippen LogP contribution is -2.47. The largest absolute Gasteiger partial charge is 0.417 e. The van der Waals surface area contributed by atoms with Gasteiger partial charge in [-0.25, -0.2) is 0 Å². The average molecular weight is 320 g/mol. The lowest BCUT2D eigenvalue weighted by Gasteiger charge is -2.36. The van der Waals surface area contributed by atoms with Crippen molar-refractivity contribution >= 4 is 22.9 Å². The van der Waals surface area contributed by atoms with Gasteiger partial charge in [-0.2, -0.15) is 13.2 Å². The molecule has 0 saturated carbocycles. The molecule has 0 bridgehead atoms. The van der Waals surface area contributed by atoms with Gasteiger partial charge in [0.05, 0.1) is 31.4 Å². The second-order valence-corrected chi connectivity index (χ2v) is 5.14. The van der Waals surface area contributed by atoms with Crippen molar-refractivity contribution in [3.05, 3.63) is 29.3 Å². The molecule has 1 unspecified atom stereocenters. The molecule has 3 N–H and O–H groups in total. The number of hydrogen-bond donors (Lipinski definition) is 2. The number of halogens is 3. The van der Waals surface area contributed by atoms with E-state index in [1.54, 1.807) is 4.90 Å². The van der Waals surface area contributed by atoms with Gasteiger partial charge in [0, 0.05) is 17.8 Å². The first-order chi connectivity index (χ1) is 9.84. The third-order valence-corrected chi connectivity index (χ3v) is 3.56. The third-order valence-electron chi connectivity index (χ3n) is 3.34. The van der Waals surface area contributed by atoms with Gasteiger partial charge in [0.1, 0.15) is 4.99 Å². The van der Waals surface area contributed by atoms with Crippen molar-refractivity contribution in [2.45, 2.75) is 12.2 Å². The minimum absolute atomic E-state index is 0.149. The SMILES string of the molecule is NC(=S)c1cc(N2CCOCC2CO)ccc1C(F)(F)F. The molecule has 0 aromatic heterocycles. The maximum atomic E-state index is 12.9. The molecule has 1 aliphatic rings. The minimum atomic E-state index is -4.52. The van der Waals surface area contributed by atoms with Crippen LogP contribution in [0.3, 0.4) is 0 Å². The van der Waals surface area contributed by atoms with Crippen molar-refractivity contribution < 1.29 is 23.0 Å². The van der Waals surface area contributed by atoms with Gasteiger partial charge < -0.3 is 20.5 Å². The van der Waals surface area contributed by atoms with Crippen molar-refractivity contribution in [3.63, 3.8) is 0 Å². The summed E-state index contributed by atoms with van der Waals surface area (Å²) in [7, 11) is 0. The zero-order valence-corrected chi connectivity index (χ0v) is 11.9. The van der Waals surface area contributed by atoms with Crippen molar-refractivity contribution in [2.75, 3.05) is 31.3 Å². The summed E-state index contributed by atoms with van der Waals surface area (Å²) in [4.78, 5) is 1.49. The van der Waals surface area contributed by atoms with Crippen molar-refractivity contribution in [1.29, 1.82) is 0 Å². The van der Waals surface area contributed by atoms with Crippen molar-refractivity contribution in [1.82, 2.24) is 0 Å². The number of rotatable bonds is 3. The molecule has 0 amide bonds. The Hall–Kier alpha value is -1.38. The normalized spacial score (nSPS) is 19.6. The molecule has 1 heterocycles. The molecule has 0 aliphatic carbocycles. The summed E-state index contributed by atoms with van der Waals surface area (Å²) < 4.78 is 44.1. The number of aliphatic hydroxyl groups is 1. The number of hydrogen-bond acceptors (Lipinski definition) is 4. The van der Waals surface area contributed by atoms with Crippen LogP contribution in [0, 0.1) is 0 Å². The van der Waals surface area contributed by atoms with Gasteiger partial charge in [-0.1, -0.05) is 12.2 Å². The fourth-order valence-corrected chi connectivity index (χ4v) is 2.48. The molecule has 4 nitrogen and oxygen atoms in total. The van der Waals surface area contributed by atoms with E-state index >= 15 is 0 Å². The van der Waals surface area contributed by atoms with Crippen LogP contribution in [-0.2, 0) is 10.9 Å². The predicted molar refractivity (Wildman–Crippen MR) is 76.4 cm³/mol. The Morgan fingerprint density at radius 1 is 1.48 bits per heavy atom. The third kappa shape index (κ3) is 3.45. The Morgan fingerprint density at radius 3 is 2.76 bits per heavy atom. The smallest absolute Gasteiger partial charge is 0.394 e. The Morgan fingerprint density at radius 2 is 2.19 bits per heavy atom. The summed E-state index contributed by atoms with van der Waals surface area (Å²) in [6.45, 7) is 1.09. The van der Waals surface area contributed by atoms with Crippen LogP contribution in [-0.4, -0.2) is 42.5 Å². The Bertz CT molecular complexity index is 537. The molecule has 1 fully saturated rings. The maximum absolute atomic E-state index is 12.9. The average Bonchev–Trinajstić information content (AvgIpc) is 2.45. The first-order valence-corrected chi connectivity index (χ1v) is 6.71. The number of anilines is 1. The number of thiocarbonyl (C=S) groups is 1. The number of morpholine rings is 1. The monoisotopic (exact) mass is 320 g/mol. The van der Waals surface area contributed by atoms with Crippen LogP contribution in [0.1, 0.15) is 11.1 Å². The highest BCUT2D eigenvalue weighted by molar-refractivity contribution is 7.80. The molecule has 116 valence electrons. The number of aliphatic hydroxyl groups excluding tert-OH is 1. The summed E-state index contributed by atoms with van der Waals surface area (Å²) in [5, 5.41) is 9.33. The van der Waals surface area contributed by atoms with Crippen LogP contribution in [0.4, 0.5) is 18.9 Å². The molecule has 0 radical (unpaired) electrons. The fraction of sp³-hybridized carbons (Fsp3) is 0.462. The quantitative estimate of drug-likeness (QED) is 0.828. The number of alkyl halides is 3. The van der Waals surface area contributed by atoms with E-state index in [1.807, 2.05) is 0 Å². The topological polar surface area (TPSA) is 58.7 Å². The highest BCUT2D eigenvalue weighted by Gasteiger charge is 2.34. The predicted octanol–water partition coefficient (Wildman–Crippen LogP) is 1.54. The van der Waals surface area contributed by atoms with E-state index in [1.165, 1.54) is 12.1 Å². The summed E-state index contributed by atoms with van der Waals surface area (Å²) in [6, 6.07) is 3.35. The van der Waals surface area contributed by atoms with Gasteiger partial charge >= 0.3 is 6.18 Å². The number of nitrogens with zero attached hydrogens (tertiary/aromatic N) is 1. The van der Waals surface area contributed by atoms with Crippen molar-refractivity contribution in [2.24, 2.45) is 5.73 Å². The van der Waals surface area contributed by atoms with E-state index in [4.69, 9.17) is 22.7 Å². The lowest BCUT2D eigenvalue weighted by atomic mass is 10.0. The molecule has 2 rings (SSSR count). The van der Waals surface area contributed by atoms with E-state index in [0.29, 0.717) is 25.4 Å². The minimum Gasteiger partial charge on any atom is -0.394 e. The number of benzene rings is 1. The molecular formula is C13H15F3N2O2S. The Balaban J connectivity index is 2.42. The van der Waals surface area contributed by atoms with Crippen LogP contribution >= 0.6 is 12.2 Å². The van der Waals surface area contributed by atoms with Crippen LogP contribution < -0.4 is 10.6 Å². The molecule has 1 saturated heterocycles. The second-order valence-electron chi connectivity index (χ2n) is 4.70. The molecule has 1 aromatic rings. The van der Waals surface area contributed by atoms with Crippen LogP contribution in [0.2, 0.25) is 0 Å². The van der Waals surface area contributed by atoms with E-state index in [0.717, 1.165) is 6.07 Å². The van der Waals surface area contributed by atoms with E-state index in [2.05, 4.69) is 0 Å². The molecule has 21 heavy (non-hydrogen) atoms. The molecule has 1 aromatic carbocycles. The fourth-order valence-electron chi connectivity index (χ4n) is 2.31. The summed E-state index contributed by atoms with van der Waals surface area (Å²) in [5.74, 6) is 0. The summed E-state index contributed by atoms with van der Waals surface area (Å²) >= 11 is 4.72. The maximum Gasteiger partial charge on any atom is 0.417 e. The Labute approximate surface area is 125 Å². The highest BCUT2D eigenvalue weighted by Crippen LogP contribution is 2.34. The van der Waals surface area contributed by atoms with Gasteiger partial charge in [-0.15, -0.1) is 0 Å².